The highest BCUT2D eigenvalue weighted by atomic mass is 16.2. The Kier molecular flexibility index (Phi) is 3.98. The molecule has 1 fully saturated rings. The fourth-order valence-corrected chi connectivity index (χ4v) is 2.44. The standard InChI is InChI=1S/C14H21NO2/c1-6-7-8-11-9-15(14(3,4)5)13(17)12(11)10(2)16/h1,11-12H,7-9H2,2-5H3. The maximum atomic E-state index is 12.2. The number of nitrogens with zero attached hydrogens (tertiary/aromatic N) is 1. The van der Waals surface area contributed by atoms with Crippen LogP contribution in [0.3, 0.4) is 0 Å². The van der Waals surface area contributed by atoms with Gasteiger partial charge in [-0.05, 0) is 40.0 Å². The molecule has 0 aliphatic carbocycles. The van der Waals surface area contributed by atoms with E-state index in [2.05, 4.69) is 5.92 Å². The van der Waals surface area contributed by atoms with Gasteiger partial charge in [0.1, 0.15) is 11.7 Å². The maximum absolute atomic E-state index is 12.2. The van der Waals surface area contributed by atoms with Gasteiger partial charge in [-0.15, -0.1) is 12.3 Å². The molecule has 3 nitrogen and oxygen atoms in total. The molecule has 0 aromatic carbocycles. The summed E-state index contributed by atoms with van der Waals surface area (Å²) in [5.74, 6) is 2.10. The number of carbonyl (C=O) groups excluding carboxylic acids is 2. The second-order valence-electron chi connectivity index (χ2n) is 5.71. The molecule has 94 valence electrons. The van der Waals surface area contributed by atoms with Crippen molar-refractivity contribution in [2.24, 2.45) is 11.8 Å². The first-order valence-corrected chi connectivity index (χ1v) is 6.04. The lowest BCUT2D eigenvalue weighted by molar-refractivity contribution is -0.139. The molecule has 17 heavy (non-hydrogen) atoms. The van der Waals surface area contributed by atoms with Crippen molar-refractivity contribution in [2.75, 3.05) is 6.54 Å². The lowest BCUT2D eigenvalue weighted by atomic mass is 9.88. The van der Waals surface area contributed by atoms with E-state index in [1.807, 2.05) is 20.8 Å². The third-order valence-corrected chi connectivity index (χ3v) is 3.33. The number of ketones is 1. The zero-order valence-electron chi connectivity index (χ0n) is 11.1. The van der Waals surface area contributed by atoms with Crippen LogP contribution >= 0.6 is 0 Å². The van der Waals surface area contributed by atoms with E-state index in [-0.39, 0.29) is 23.1 Å². The van der Waals surface area contributed by atoms with E-state index in [0.717, 1.165) is 6.42 Å². The van der Waals surface area contributed by atoms with Crippen LogP contribution in [0.2, 0.25) is 0 Å². The van der Waals surface area contributed by atoms with Gasteiger partial charge < -0.3 is 4.90 Å². The number of carbonyl (C=O) groups is 2. The number of hydrogen-bond donors (Lipinski definition) is 0. The fourth-order valence-electron chi connectivity index (χ4n) is 2.44. The summed E-state index contributed by atoms with van der Waals surface area (Å²) in [6.07, 6.45) is 6.62. The van der Waals surface area contributed by atoms with E-state index in [1.54, 1.807) is 4.90 Å². The zero-order chi connectivity index (χ0) is 13.2. The van der Waals surface area contributed by atoms with Crippen LogP contribution in [0.25, 0.3) is 0 Å². The topological polar surface area (TPSA) is 37.4 Å². The van der Waals surface area contributed by atoms with Gasteiger partial charge in [0, 0.05) is 18.5 Å². The van der Waals surface area contributed by atoms with Crippen LogP contribution in [0.5, 0.6) is 0 Å². The van der Waals surface area contributed by atoms with E-state index in [1.165, 1.54) is 6.92 Å². The first-order chi connectivity index (χ1) is 7.79. The largest absolute Gasteiger partial charge is 0.337 e. The minimum Gasteiger partial charge on any atom is -0.337 e. The van der Waals surface area contributed by atoms with Crippen LogP contribution < -0.4 is 0 Å². The SMILES string of the molecule is C#CCCC1CN(C(C)(C)C)C(=O)C1C(C)=O. The van der Waals surface area contributed by atoms with E-state index in [0.29, 0.717) is 13.0 Å². The molecule has 0 spiro atoms. The van der Waals surface area contributed by atoms with E-state index in [4.69, 9.17) is 6.42 Å². The quantitative estimate of drug-likeness (QED) is 0.553. The van der Waals surface area contributed by atoms with Crippen LogP contribution in [0.1, 0.15) is 40.5 Å². The van der Waals surface area contributed by atoms with Gasteiger partial charge in [-0.3, -0.25) is 9.59 Å². The Labute approximate surface area is 104 Å². The monoisotopic (exact) mass is 235 g/mol. The van der Waals surface area contributed by atoms with Gasteiger partial charge in [-0.2, -0.15) is 0 Å². The predicted octanol–water partition coefficient (Wildman–Crippen LogP) is 1.86. The molecule has 1 aliphatic rings. The van der Waals surface area contributed by atoms with Crippen molar-refractivity contribution < 1.29 is 9.59 Å². The number of amides is 1. The predicted molar refractivity (Wildman–Crippen MR) is 67.2 cm³/mol. The zero-order valence-corrected chi connectivity index (χ0v) is 11.1. The van der Waals surface area contributed by atoms with Gasteiger partial charge in [0.2, 0.25) is 5.91 Å². The van der Waals surface area contributed by atoms with Crippen molar-refractivity contribution in [2.45, 2.75) is 46.1 Å². The van der Waals surface area contributed by atoms with Gasteiger partial charge in [0.25, 0.3) is 0 Å². The summed E-state index contributed by atoms with van der Waals surface area (Å²) in [6, 6.07) is 0. The van der Waals surface area contributed by atoms with Crippen molar-refractivity contribution >= 4 is 11.7 Å². The molecule has 3 heteroatoms. The smallest absolute Gasteiger partial charge is 0.233 e. The summed E-state index contributed by atoms with van der Waals surface area (Å²) in [7, 11) is 0. The summed E-state index contributed by atoms with van der Waals surface area (Å²) in [5.41, 5.74) is -0.227. The van der Waals surface area contributed by atoms with Crippen molar-refractivity contribution in [3.8, 4) is 12.3 Å². The molecule has 0 N–H and O–H groups in total. The van der Waals surface area contributed by atoms with Crippen LogP contribution in [0.4, 0.5) is 0 Å². The Morgan fingerprint density at radius 1 is 1.53 bits per heavy atom. The molecule has 1 rings (SSSR count). The Balaban J connectivity index is 2.90. The maximum Gasteiger partial charge on any atom is 0.233 e. The third kappa shape index (κ3) is 2.88. The molecule has 0 saturated carbocycles. The molecule has 0 bridgehead atoms. The number of hydrogen-bond acceptors (Lipinski definition) is 2. The highest BCUT2D eigenvalue weighted by molar-refractivity contribution is 6.02. The first-order valence-electron chi connectivity index (χ1n) is 6.04. The normalized spacial score (nSPS) is 24.9. The number of rotatable bonds is 3. The van der Waals surface area contributed by atoms with Crippen LogP contribution in [-0.4, -0.2) is 28.7 Å². The summed E-state index contributed by atoms with van der Waals surface area (Å²) in [4.78, 5) is 25.6. The number of Topliss-reactive ketones (excluding diaryl/α,β-unsaturated/α-hetero) is 1. The average molecular weight is 235 g/mol. The third-order valence-electron chi connectivity index (χ3n) is 3.33. The molecule has 1 saturated heterocycles. The average Bonchev–Trinajstić information content (AvgIpc) is 2.51. The van der Waals surface area contributed by atoms with Crippen LogP contribution in [-0.2, 0) is 9.59 Å². The molecule has 0 aromatic rings. The molecular formula is C14H21NO2. The molecule has 2 unspecified atom stereocenters. The molecule has 0 aromatic heterocycles. The molecule has 1 heterocycles. The van der Waals surface area contributed by atoms with Crippen LogP contribution in [0.15, 0.2) is 0 Å². The van der Waals surface area contributed by atoms with Gasteiger partial charge in [-0.25, -0.2) is 0 Å². The van der Waals surface area contributed by atoms with Gasteiger partial charge in [0.05, 0.1) is 0 Å². The van der Waals surface area contributed by atoms with E-state index >= 15 is 0 Å². The van der Waals surface area contributed by atoms with Crippen molar-refractivity contribution in [1.82, 2.24) is 4.90 Å². The second-order valence-corrected chi connectivity index (χ2v) is 5.71. The number of terminal acetylenes is 1. The Hall–Kier alpha value is -1.30. The Morgan fingerprint density at radius 3 is 2.53 bits per heavy atom. The van der Waals surface area contributed by atoms with Gasteiger partial charge in [-0.1, -0.05) is 0 Å². The lowest BCUT2D eigenvalue weighted by Gasteiger charge is -2.32. The summed E-state index contributed by atoms with van der Waals surface area (Å²) < 4.78 is 0. The summed E-state index contributed by atoms with van der Waals surface area (Å²) in [6.45, 7) is 8.12. The molecule has 2 atom stereocenters. The van der Waals surface area contributed by atoms with Gasteiger partial charge >= 0.3 is 0 Å². The van der Waals surface area contributed by atoms with Crippen LogP contribution in [0, 0.1) is 24.2 Å². The molecule has 0 radical (unpaired) electrons. The van der Waals surface area contributed by atoms with E-state index in [9.17, 15) is 9.59 Å². The lowest BCUT2D eigenvalue weighted by Crippen LogP contribution is -2.43. The fraction of sp³-hybridized carbons (Fsp3) is 0.714. The van der Waals surface area contributed by atoms with Crippen molar-refractivity contribution in [3.05, 3.63) is 0 Å². The summed E-state index contributed by atoms with van der Waals surface area (Å²) >= 11 is 0. The minimum absolute atomic E-state index is 0.0352. The Bertz CT molecular complexity index is 359. The minimum atomic E-state index is -0.484. The number of likely N-dealkylation sites (tertiary alicyclic amines) is 1. The van der Waals surface area contributed by atoms with Gasteiger partial charge in [0.15, 0.2) is 0 Å². The Morgan fingerprint density at radius 2 is 2.12 bits per heavy atom. The highest BCUT2D eigenvalue weighted by Gasteiger charge is 2.45. The molecular weight excluding hydrogens is 214 g/mol. The first kappa shape index (κ1) is 13.8. The van der Waals surface area contributed by atoms with E-state index < -0.39 is 5.92 Å². The molecule has 1 amide bonds. The van der Waals surface area contributed by atoms with Crippen molar-refractivity contribution in [3.63, 3.8) is 0 Å². The van der Waals surface area contributed by atoms with Crippen molar-refractivity contribution in [1.29, 1.82) is 0 Å². The second kappa shape index (κ2) is 4.91. The molecule has 1 aliphatic heterocycles. The highest BCUT2D eigenvalue weighted by Crippen LogP contribution is 2.33. The summed E-state index contributed by atoms with van der Waals surface area (Å²) in [5, 5.41) is 0.